The van der Waals surface area contributed by atoms with E-state index in [1.807, 2.05) is 19.1 Å². The van der Waals surface area contributed by atoms with Crippen LogP contribution in [0.3, 0.4) is 0 Å². The molecule has 172 valence electrons. The molecule has 2 aromatic rings. The highest BCUT2D eigenvalue weighted by atomic mass is 16.6. The summed E-state index contributed by atoms with van der Waals surface area (Å²) in [6.45, 7) is 6.69. The number of hydrogen-bond acceptors (Lipinski definition) is 7. The Hall–Kier alpha value is -2.91. The first-order valence-corrected chi connectivity index (χ1v) is 11.2. The van der Waals surface area contributed by atoms with Crippen molar-refractivity contribution in [1.29, 1.82) is 0 Å². The standard InChI is InChI=1S/C23H30N4O5/c1-17-5-8-22(32-17)21(26-11-13-31-14-12-26)16-24-23(28)19-15-18(27(29)30)6-7-20(19)25-9-3-2-4-10-25/h5-8,15,21H,2-4,9-14,16H2,1H3,(H,24,28). The summed E-state index contributed by atoms with van der Waals surface area (Å²) >= 11 is 0. The van der Waals surface area contributed by atoms with Crippen LogP contribution in [0.1, 0.15) is 47.2 Å². The van der Waals surface area contributed by atoms with Crippen LogP contribution >= 0.6 is 0 Å². The third kappa shape index (κ3) is 5.11. The molecule has 0 radical (unpaired) electrons. The number of furan rings is 1. The molecule has 1 atom stereocenters. The van der Waals surface area contributed by atoms with E-state index in [4.69, 9.17) is 9.15 Å². The number of rotatable bonds is 7. The van der Waals surface area contributed by atoms with Crippen molar-refractivity contribution in [2.75, 3.05) is 50.8 Å². The topological polar surface area (TPSA) is 101 Å². The van der Waals surface area contributed by atoms with Crippen LogP contribution in [0.15, 0.2) is 34.7 Å². The Bertz CT molecular complexity index is 948. The van der Waals surface area contributed by atoms with Gasteiger partial charge in [-0.25, -0.2) is 0 Å². The fraction of sp³-hybridized carbons (Fsp3) is 0.522. The van der Waals surface area contributed by atoms with E-state index in [9.17, 15) is 14.9 Å². The maximum Gasteiger partial charge on any atom is 0.270 e. The summed E-state index contributed by atoms with van der Waals surface area (Å²) in [6, 6.07) is 8.29. The average molecular weight is 443 g/mol. The second-order valence-corrected chi connectivity index (χ2v) is 8.33. The number of non-ortho nitro benzene ring substituents is 1. The first-order chi connectivity index (χ1) is 15.5. The number of nitro groups is 1. The number of benzene rings is 1. The molecule has 0 saturated carbocycles. The van der Waals surface area contributed by atoms with Crippen molar-refractivity contribution >= 4 is 17.3 Å². The van der Waals surface area contributed by atoms with Crippen LogP contribution in [0.4, 0.5) is 11.4 Å². The molecule has 32 heavy (non-hydrogen) atoms. The smallest absolute Gasteiger partial charge is 0.270 e. The summed E-state index contributed by atoms with van der Waals surface area (Å²) in [5, 5.41) is 14.4. The molecule has 1 N–H and O–H groups in total. The molecule has 0 bridgehead atoms. The summed E-state index contributed by atoms with van der Waals surface area (Å²) in [4.78, 5) is 28.6. The highest BCUT2D eigenvalue weighted by Crippen LogP contribution is 2.29. The van der Waals surface area contributed by atoms with Gasteiger partial charge in [0, 0.05) is 44.9 Å². The zero-order valence-electron chi connectivity index (χ0n) is 18.4. The number of amides is 1. The lowest BCUT2D eigenvalue weighted by molar-refractivity contribution is -0.384. The van der Waals surface area contributed by atoms with Gasteiger partial charge in [-0.15, -0.1) is 0 Å². The molecule has 9 heteroatoms. The van der Waals surface area contributed by atoms with E-state index in [1.54, 1.807) is 6.07 Å². The number of carbonyl (C=O) groups is 1. The molecule has 2 aliphatic rings. The highest BCUT2D eigenvalue weighted by molar-refractivity contribution is 6.00. The quantitative estimate of drug-likeness (QED) is 0.519. The molecule has 1 unspecified atom stereocenters. The molecule has 0 aliphatic carbocycles. The van der Waals surface area contributed by atoms with Gasteiger partial charge < -0.3 is 19.4 Å². The van der Waals surface area contributed by atoms with Crippen LogP contribution in [-0.4, -0.2) is 61.7 Å². The van der Waals surface area contributed by atoms with E-state index in [-0.39, 0.29) is 17.6 Å². The largest absolute Gasteiger partial charge is 0.465 e. The Morgan fingerprint density at radius 1 is 1.12 bits per heavy atom. The predicted molar refractivity (Wildman–Crippen MR) is 120 cm³/mol. The van der Waals surface area contributed by atoms with Crippen molar-refractivity contribution < 1.29 is 18.9 Å². The van der Waals surface area contributed by atoms with Gasteiger partial charge in [0.05, 0.1) is 35.4 Å². The number of carbonyl (C=O) groups excluding carboxylic acids is 1. The Morgan fingerprint density at radius 3 is 2.53 bits per heavy atom. The van der Waals surface area contributed by atoms with E-state index in [2.05, 4.69) is 15.1 Å². The lowest BCUT2D eigenvalue weighted by atomic mass is 10.1. The van der Waals surface area contributed by atoms with E-state index in [1.165, 1.54) is 12.1 Å². The SMILES string of the molecule is Cc1ccc(C(CNC(=O)c2cc([N+](=O)[O-])ccc2N2CCCCC2)N2CCOCC2)o1. The summed E-state index contributed by atoms with van der Waals surface area (Å²) in [5.74, 6) is 1.30. The number of hydrogen-bond donors (Lipinski definition) is 1. The van der Waals surface area contributed by atoms with Crippen molar-refractivity contribution in [3.8, 4) is 0 Å². The number of morpholine rings is 1. The number of anilines is 1. The molecule has 1 amide bonds. The molecule has 1 aromatic heterocycles. The number of nitro benzene ring substituents is 1. The molecular formula is C23H30N4O5. The van der Waals surface area contributed by atoms with Crippen LogP contribution in [0.5, 0.6) is 0 Å². The lowest BCUT2D eigenvalue weighted by Gasteiger charge is -2.33. The van der Waals surface area contributed by atoms with Gasteiger partial charge in [0.15, 0.2) is 0 Å². The summed E-state index contributed by atoms with van der Waals surface area (Å²) in [7, 11) is 0. The van der Waals surface area contributed by atoms with Crippen molar-refractivity contribution in [3.63, 3.8) is 0 Å². The van der Waals surface area contributed by atoms with Gasteiger partial charge in [0.25, 0.3) is 11.6 Å². The third-order valence-corrected chi connectivity index (χ3v) is 6.16. The Labute approximate surface area is 187 Å². The van der Waals surface area contributed by atoms with Gasteiger partial charge in [0.2, 0.25) is 0 Å². The fourth-order valence-corrected chi connectivity index (χ4v) is 4.45. The number of piperidine rings is 1. The zero-order valence-corrected chi connectivity index (χ0v) is 18.4. The highest BCUT2D eigenvalue weighted by Gasteiger charge is 2.27. The normalized spacial score (nSPS) is 18.3. The van der Waals surface area contributed by atoms with Gasteiger partial charge in [-0.2, -0.15) is 0 Å². The van der Waals surface area contributed by atoms with E-state index in [0.29, 0.717) is 25.3 Å². The Balaban J connectivity index is 1.55. The molecule has 9 nitrogen and oxygen atoms in total. The van der Waals surface area contributed by atoms with Gasteiger partial charge in [-0.1, -0.05) is 0 Å². The Kier molecular flexibility index (Phi) is 7.06. The molecule has 0 spiro atoms. The van der Waals surface area contributed by atoms with Gasteiger partial charge in [0.1, 0.15) is 11.5 Å². The van der Waals surface area contributed by atoms with Crippen LogP contribution in [0.2, 0.25) is 0 Å². The first kappa shape index (κ1) is 22.3. The third-order valence-electron chi connectivity index (χ3n) is 6.16. The second kappa shape index (κ2) is 10.1. The van der Waals surface area contributed by atoms with Crippen molar-refractivity contribution in [2.45, 2.75) is 32.2 Å². The van der Waals surface area contributed by atoms with Crippen LogP contribution in [0.25, 0.3) is 0 Å². The zero-order chi connectivity index (χ0) is 22.5. The summed E-state index contributed by atoms with van der Waals surface area (Å²) in [6.07, 6.45) is 3.26. The molecule has 1 aromatic carbocycles. The Morgan fingerprint density at radius 2 is 1.88 bits per heavy atom. The second-order valence-electron chi connectivity index (χ2n) is 8.33. The van der Waals surface area contributed by atoms with E-state index in [0.717, 1.165) is 62.6 Å². The van der Waals surface area contributed by atoms with Crippen molar-refractivity contribution in [1.82, 2.24) is 10.2 Å². The maximum atomic E-state index is 13.3. The van der Waals surface area contributed by atoms with Gasteiger partial charge >= 0.3 is 0 Å². The first-order valence-electron chi connectivity index (χ1n) is 11.2. The fourth-order valence-electron chi connectivity index (χ4n) is 4.45. The predicted octanol–water partition coefficient (Wildman–Crippen LogP) is 3.29. The summed E-state index contributed by atoms with van der Waals surface area (Å²) in [5.41, 5.74) is 1.02. The maximum absolute atomic E-state index is 13.3. The molecular weight excluding hydrogens is 412 g/mol. The van der Waals surface area contributed by atoms with E-state index >= 15 is 0 Å². The number of nitrogens with one attached hydrogen (secondary N) is 1. The van der Waals surface area contributed by atoms with Crippen LogP contribution in [0, 0.1) is 17.0 Å². The van der Waals surface area contributed by atoms with Gasteiger partial charge in [-0.05, 0) is 44.4 Å². The van der Waals surface area contributed by atoms with Crippen molar-refractivity contribution in [2.24, 2.45) is 0 Å². The van der Waals surface area contributed by atoms with E-state index < -0.39 is 4.92 Å². The minimum atomic E-state index is -0.459. The van der Waals surface area contributed by atoms with Gasteiger partial charge in [-0.3, -0.25) is 19.8 Å². The number of nitrogens with zero attached hydrogens (tertiary/aromatic N) is 3. The van der Waals surface area contributed by atoms with Crippen LogP contribution < -0.4 is 10.2 Å². The molecule has 2 aliphatic heterocycles. The minimum Gasteiger partial charge on any atom is -0.465 e. The molecule has 3 heterocycles. The average Bonchev–Trinajstić information content (AvgIpc) is 3.25. The summed E-state index contributed by atoms with van der Waals surface area (Å²) < 4.78 is 11.4. The van der Waals surface area contributed by atoms with Crippen molar-refractivity contribution in [3.05, 3.63) is 57.5 Å². The monoisotopic (exact) mass is 442 g/mol. The molecule has 2 fully saturated rings. The van der Waals surface area contributed by atoms with Crippen LogP contribution in [-0.2, 0) is 4.74 Å². The molecule has 4 rings (SSSR count). The number of aryl methyl sites for hydroxylation is 1. The lowest BCUT2D eigenvalue weighted by Crippen LogP contribution is -2.44. The molecule has 2 saturated heterocycles. The minimum absolute atomic E-state index is 0.0812. The number of ether oxygens (including phenoxy) is 1.